The molecule has 0 saturated carbocycles. The Hall–Kier alpha value is -3.51. The molecule has 0 amide bonds. The number of benzene rings is 1. The largest absolute Gasteiger partial charge is 0.497 e. The third kappa shape index (κ3) is 3.75. The van der Waals surface area contributed by atoms with Gasteiger partial charge in [-0.05, 0) is 24.3 Å². The summed E-state index contributed by atoms with van der Waals surface area (Å²) in [5.41, 5.74) is 1.67. The Morgan fingerprint density at radius 1 is 1.21 bits per heavy atom. The average molecular weight is 391 g/mol. The Bertz CT molecular complexity index is 1110. The zero-order chi connectivity index (χ0) is 20.2. The van der Waals surface area contributed by atoms with E-state index in [0.29, 0.717) is 34.1 Å². The van der Waals surface area contributed by atoms with Gasteiger partial charge in [0.15, 0.2) is 5.65 Å². The van der Waals surface area contributed by atoms with Crippen LogP contribution in [0.1, 0.15) is 6.42 Å². The number of hydrogen-bond acceptors (Lipinski definition) is 8. The van der Waals surface area contributed by atoms with Crippen molar-refractivity contribution in [1.29, 1.82) is 5.26 Å². The van der Waals surface area contributed by atoms with E-state index in [1.165, 1.54) is 4.57 Å². The molecule has 1 fully saturated rings. The number of fused-ring (bicyclic) bond motifs is 1. The van der Waals surface area contributed by atoms with Crippen LogP contribution in [0.2, 0.25) is 0 Å². The van der Waals surface area contributed by atoms with Crippen LogP contribution in [0.3, 0.4) is 0 Å². The molecule has 1 aliphatic heterocycles. The number of piperazine rings is 1. The summed E-state index contributed by atoms with van der Waals surface area (Å²) < 4.78 is 6.71. The smallest absolute Gasteiger partial charge is 0.278 e. The first-order chi connectivity index (χ1) is 14.2. The van der Waals surface area contributed by atoms with Crippen LogP contribution >= 0.6 is 0 Å². The first-order valence-corrected chi connectivity index (χ1v) is 9.46. The van der Waals surface area contributed by atoms with Gasteiger partial charge in [0.2, 0.25) is 5.95 Å². The molecule has 148 valence electrons. The topological polar surface area (TPSA) is 109 Å². The fraction of sp³-hybridized carbons (Fsp3) is 0.350. The van der Waals surface area contributed by atoms with Crippen molar-refractivity contribution in [3.63, 3.8) is 0 Å². The lowest BCUT2D eigenvalue weighted by molar-refractivity contribution is 0.415. The van der Waals surface area contributed by atoms with Gasteiger partial charge >= 0.3 is 0 Å². The molecule has 3 heterocycles. The third-order valence-corrected chi connectivity index (χ3v) is 4.88. The molecule has 29 heavy (non-hydrogen) atoms. The maximum atomic E-state index is 13.2. The molecule has 9 heteroatoms. The third-order valence-electron chi connectivity index (χ3n) is 4.88. The van der Waals surface area contributed by atoms with Crippen molar-refractivity contribution in [2.45, 2.75) is 13.0 Å². The average Bonchev–Trinajstić information content (AvgIpc) is 2.78. The van der Waals surface area contributed by atoms with Gasteiger partial charge in [0, 0.05) is 38.3 Å². The van der Waals surface area contributed by atoms with Gasteiger partial charge in [0.25, 0.3) is 5.56 Å². The summed E-state index contributed by atoms with van der Waals surface area (Å²) in [7, 11) is 1.59. The van der Waals surface area contributed by atoms with E-state index in [2.05, 4.69) is 31.2 Å². The van der Waals surface area contributed by atoms with Crippen LogP contribution in [0.5, 0.6) is 5.75 Å². The molecule has 1 N–H and O–H groups in total. The highest BCUT2D eigenvalue weighted by Crippen LogP contribution is 2.21. The van der Waals surface area contributed by atoms with Gasteiger partial charge in [-0.1, -0.05) is 0 Å². The van der Waals surface area contributed by atoms with Gasteiger partial charge in [-0.15, -0.1) is 0 Å². The van der Waals surface area contributed by atoms with E-state index in [1.54, 1.807) is 37.6 Å². The Balaban J connectivity index is 1.85. The second-order valence-corrected chi connectivity index (χ2v) is 6.67. The zero-order valence-corrected chi connectivity index (χ0v) is 16.1. The maximum absolute atomic E-state index is 13.2. The molecule has 4 rings (SSSR count). The number of ether oxygens (including phenoxy) is 1. The lowest BCUT2D eigenvalue weighted by Gasteiger charge is -2.27. The number of anilines is 1. The van der Waals surface area contributed by atoms with Crippen molar-refractivity contribution < 1.29 is 4.74 Å². The van der Waals surface area contributed by atoms with Gasteiger partial charge in [0.05, 0.1) is 25.8 Å². The molecule has 9 nitrogen and oxygen atoms in total. The quantitative estimate of drug-likeness (QED) is 0.691. The van der Waals surface area contributed by atoms with Crippen molar-refractivity contribution in [3.05, 3.63) is 40.8 Å². The van der Waals surface area contributed by atoms with Gasteiger partial charge in [-0.3, -0.25) is 9.36 Å². The van der Waals surface area contributed by atoms with Crippen molar-refractivity contribution in [1.82, 2.24) is 24.8 Å². The monoisotopic (exact) mass is 391 g/mol. The summed E-state index contributed by atoms with van der Waals surface area (Å²) in [5.74, 6) is 1.27. The SMILES string of the molecule is COc1ccc(-c2nc3cnc(N4CCNCC4)nc3n(CCC#N)c2=O)cc1. The zero-order valence-electron chi connectivity index (χ0n) is 16.1. The molecule has 0 bridgehead atoms. The van der Waals surface area contributed by atoms with Crippen molar-refractivity contribution in [2.75, 3.05) is 38.2 Å². The number of aromatic nitrogens is 4. The second kappa shape index (κ2) is 8.24. The van der Waals surface area contributed by atoms with Gasteiger partial charge in [0.1, 0.15) is 17.0 Å². The number of methoxy groups -OCH3 is 1. The number of rotatable bonds is 5. The van der Waals surface area contributed by atoms with Gasteiger partial charge < -0.3 is 15.0 Å². The molecule has 0 radical (unpaired) electrons. The minimum absolute atomic E-state index is 0.202. The number of hydrogen-bond donors (Lipinski definition) is 1. The summed E-state index contributed by atoms with van der Waals surface area (Å²) in [6.45, 7) is 3.56. The molecular formula is C20H21N7O2. The first-order valence-electron chi connectivity index (χ1n) is 9.46. The molecule has 2 aromatic heterocycles. The van der Waals surface area contributed by atoms with Crippen LogP contribution in [-0.4, -0.2) is 52.8 Å². The van der Waals surface area contributed by atoms with Gasteiger partial charge in [-0.25, -0.2) is 9.97 Å². The van der Waals surface area contributed by atoms with E-state index in [4.69, 9.17) is 10.00 Å². The summed E-state index contributed by atoms with van der Waals surface area (Å²) in [5, 5.41) is 12.3. The molecular weight excluding hydrogens is 370 g/mol. The number of aryl methyl sites for hydroxylation is 1. The minimum Gasteiger partial charge on any atom is -0.497 e. The lowest BCUT2D eigenvalue weighted by atomic mass is 10.1. The number of nitrogens with one attached hydrogen (secondary N) is 1. The Morgan fingerprint density at radius 3 is 2.66 bits per heavy atom. The molecule has 0 atom stereocenters. The van der Waals surface area contributed by atoms with Crippen LogP contribution in [0, 0.1) is 11.3 Å². The summed E-state index contributed by atoms with van der Waals surface area (Å²) in [6.07, 6.45) is 1.85. The van der Waals surface area contributed by atoms with E-state index in [1.807, 2.05) is 0 Å². The molecule has 3 aromatic rings. The molecule has 1 saturated heterocycles. The normalized spacial score (nSPS) is 14.0. The number of nitriles is 1. The van der Waals surface area contributed by atoms with E-state index in [-0.39, 0.29) is 18.5 Å². The lowest BCUT2D eigenvalue weighted by Crippen LogP contribution is -2.44. The summed E-state index contributed by atoms with van der Waals surface area (Å²) >= 11 is 0. The fourth-order valence-corrected chi connectivity index (χ4v) is 3.35. The highest BCUT2D eigenvalue weighted by Gasteiger charge is 2.18. The molecule has 0 unspecified atom stereocenters. The molecule has 1 aliphatic rings. The van der Waals surface area contributed by atoms with Crippen LogP contribution < -0.4 is 20.5 Å². The maximum Gasteiger partial charge on any atom is 0.278 e. The van der Waals surface area contributed by atoms with Crippen LogP contribution in [0.15, 0.2) is 35.3 Å². The highest BCUT2D eigenvalue weighted by molar-refractivity contribution is 5.75. The Morgan fingerprint density at radius 2 is 1.97 bits per heavy atom. The van der Waals surface area contributed by atoms with Crippen molar-refractivity contribution >= 4 is 17.1 Å². The highest BCUT2D eigenvalue weighted by atomic mass is 16.5. The van der Waals surface area contributed by atoms with E-state index >= 15 is 0 Å². The predicted molar refractivity (Wildman–Crippen MR) is 109 cm³/mol. The first kappa shape index (κ1) is 18.8. The van der Waals surface area contributed by atoms with Crippen LogP contribution in [0.4, 0.5) is 5.95 Å². The van der Waals surface area contributed by atoms with Gasteiger partial charge in [-0.2, -0.15) is 10.2 Å². The molecule has 1 aromatic carbocycles. The van der Waals surface area contributed by atoms with Crippen LogP contribution in [-0.2, 0) is 6.54 Å². The Labute approximate surface area is 167 Å². The van der Waals surface area contributed by atoms with Crippen molar-refractivity contribution in [2.24, 2.45) is 0 Å². The van der Waals surface area contributed by atoms with Crippen molar-refractivity contribution in [3.8, 4) is 23.1 Å². The minimum atomic E-state index is -0.275. The second-order valence-electron chi connectivity index (χ2n) is 6.67. The summed E-state index contributed by atoms with van der Waals surface area (Å²) in [6, 6.07) is 9.25. The fourth-order valence-electron chi connectivity index (χ4n) is 3.35. The number of nitrogens with zero attached hydrogens (tertiary/aromatic N) is 6. The molecule has 0 spiro atoms. The molecule has 0 aliphatic carbocycles. The predicted octanol–water partition coefficient (Wildman–Crippen LogP) is 1.19. The standard InChI is InChI=1S/C20H21N7O2/c1-29-15-5-3-14(4-6-15)17-19(28)27(10-2-7-21)18-16(24-17)13-23-20(25-18)26-11-8-22-9-12-26/h3-6,13,22H,2,8-12H2,1H3. The summed E-state index contributed by atoms with van der Waals surface area (Å²) in [4.78, 5) is 28.9. The van der Waals surface area contributed by atoms with Crippen LogP contribution in [0.25, 0.3) is 22.4 Å². The van der Waals surface area contributed by atoms with E-state index in [9.17, 15) is 4.79 Å². The van der Waals surface area contributed by atoms with E-state index in [0.717, 1.165) is 26.2 Å². The Kier molecular flexibility index (Phi) is 5.35. The van der Waals surface area contributed by atoms with E-state index < -0.39 is 0 Å².